The van der Waals surface area contributed by atoms with Crippen molar-refractivity contribution in [2.45, 2.75) is 49.3 Å². The molecule has 0 unspecified atom stereocenters. The number of hydrogen-bond donors (Lipinski definition) is 2. The third-order valence-corrected chi connectivity index (χ3v) is 7.06. The number of benzene rings is 2. The van der Waals surface area contributed by atoms with Crippen LogP contribution in [0, 0.1) is 0 Å². The molecule has 2 aromatic carbocycles. The lowest BCUT2D eigenvalue weighted by molar-refractivity contribution is 0.566. The predicted octanol–water partition coefficient (Wildman–Crippen LogP) is 4.48. The van der Waals surface area contributed by atoms with Crippen LogP contribution in [-0.2, 0) is 20.9 Å². The first-order chi connectivity index (χ1) is 12.7. The summed E-state index contributed by atoms with van der Waals surface area (Å²) in [5.41, 5.74) is 3.34. The number of aromatic amines is 1. The van der Waals surface area contributed by atoms with Gasteiger partial charge in [-0.1, -0.05) is 51.1 Å². The molecular formula is C22H26N2O2S. The van der Waals surface area contributed by atoms with Crippen molar-refractivity contribution in [3.8, 4) is 0 Å². The highest BCUT2D eigenvalue weighted by Gasteiger charge is 2.46. The highest BCUT2D eigenvalue weighted by atomic mass is 32.2. The average molecular weight is 383 g/mol. The quantitative estimate of drug-likeness (QED) is 0.684. The van der Waals surface area contributed by atoms with Gasteiger partial charge in [-0.05, 0) is 47.6 Å². The van der Waals surface area contributed by atoms with Crippen molar-refractivity contribution < 1.29 is 8.42 Å². The van der Waals surface area contributed by atoms with Crippen LogP contribution in [0.25, 0.3) is 10.9 Å². The Balaban J connectivity index is 1.54. The van der Waals surface area contributed by atoms with Crippen LogP contribution in [0.2, 0.25) is 0 Å². The zero-order valence-electron chi connectivity index (χ0n) is 16.0. The first-order valence-corrected chi connectivity index (χ1v) is 10.9. The van der Waals surface area contributed by atoms with E-state index in [0.717, 1.165) is 23.9 Å². The number of H-pyrrole nitrogens is 1. The Kier molecular flexibility index (Phi) is 4.20. The van der Waals surface area contributed by atoms with Gasteiger partial charge in [-0.3, -0.25) is 0 Å². The molecule has 3 aromatic rings. The lowest BCUT2D eigenvalue weighted by atomic mass is 9.87. The molecule has 1 aliphatic rings. The van der Waals surface area contributed by atoms with Gasteiger partial charge in [-0.25, -0.2) is 13.1 Å². The van der Waals surface area contributed by atoms with Gasteiger partial charge >= 0.3 is 0 Å². The van der Waals surface area contributed by atoms with Crippen molar-refractivity contribution >= 4 is 20.9 Å². The van der Waals surface area contributed by atoms with Crippen molar-refractivity contribution in [1.82, 2.24) is 9.71 Å². The third-order valence-electron chi connectivity index (χ3n) is 5.65. The molecule has 1 fully saturated rings. The van der Waals surface area contributed by atoms with Crippen LogP contribution in [0.1, 0.15) is 44.7 Å². The topological polar surface area (TPSA) is 62.0 Å². The van der Waals surface area contributed by atoms with E-state index in [1.54, 1.807) is 12.1 Å². The maximum Gasteiger partial charge on any atom is 0.240 e. The summed E-state index contributed by atoms with van der Waals surface area (Å²) in [4.78, 5) is 3.63. The summed E-state index contributed by atoms with van der Waals surface area (Å²) in [5.74, 6) is 0. The Morgan fingerprint density at radius 1 is 1.04 bits per heavy atom. The summed E-state index contributed by atoms with van der Waals surface area (Å²) in [6, 6.07) is 15.4. The molecule has 0 aliphatic heterocycles. The van der Waals surface area contributed by atoms with E-state index in [4.69, 9.17) is 0 Å². The highest BCUT2D eigenvalue weighted by Crippen LogP contribution is 2.50. The summed E-state index contributed by atoms with van der Waals surface area (Å²) >= 11 is 0. The van der Waals surface area contributed by atoms with Gasteiger partial charge in [0.05, 0.1) is 4.90 Å². The van der Waals surface area contributed by atoms with Gasteiger partial charge in [0.15, 0.2) is 0 Å². The van der Waals surface area contributed by atoms with E-state index in [-0.39, 0.29) is 10.8 Å². The Hall–Kier alpha value is -2.11. The summed E-state index contributed by atoms with van der Waals surface area (Å²) in [7, 11) is -3.52. The fourth-order valence-corrected chi connectivity index (χ4v) is 4.78. The standard InChI is InChI=1S/C22H26N2O2S/c1-21(2,3)16-8-10-17(11-9-16)27(25,26)24-15-22(12-13-22)19-14-23-20-7-5-4-6-18(19)20/h4-11,14,23-24H,12-13,15H2,1-3H3. The van der Waals surface area contributed by atoms with Gasteiger partial charge in [-0.15, -0.1) is 0 Å². The second-order valence-electron chi connectivity index (χ2n) is 8.63. The smallest absolute Gasteiger partial charge is 0.240 e. The number of fused-ring (bicyclic) bond motifs is 1. The Bertz CT molecular complexity index is 1070. The molecule has 5 heteroatoms. The Labute approximate surface area is 161 Å². The molecule has 4 rings (SSSR count). The zero-order chi connectivity index (χ0) is 19.3. The van der Waals surface area contributed by atoms with Crippen LogP contribution in [0.5, 0.6) is 0 Å². The maximum absolute atomic E-state index is 12.8. The zero-order valence-corrected chi connectivity index (χ0v) is 16.9. The first kappa shape index (κ1) is 18.3. The molecule has 0 saturated heterocycles. The number of sulfonamides is 1. The lowest BCUT2D eigenvalue weighted by Gasteiger charge is -2.19. The van der Waals surface area contributed by atoms with E-state index in [1.807, 2.05) is 30.5 Å². The van der Waals surface area contributed by atoms with Crippen LogP contribution in [0.4, 0.5) is 0 Å². The van der Waals surface area contributed by atoms with Crippen molar-refractivity contribution in [3.05, 3.63) is 65.9 Å². The minimum atomic E-state index is -3.52. The number of aromatic nitrogens is 1. The molecule has 1 aromatic heterocycles. The van der Waals surface area contributed by atoms with Gasteiger partial charge in [0.25, 0.3) is 0 Å². The van der Waals surface area contributed by atoms with Crippen LogP contribution in [0.15, 0.2) is 59.6 Å². The molecule has 0 spiro atoms. The largest absolute Gasteiger partial charge is 0.361 e. The van der Waals surface area contributed by atoms with Crippen molar-refractivity contribution in [2.75, 3.05) is 6.54 Å². The normalized spacial score (nSPS) is 16.6. The second-order valence-corrected chi connectivity index (χ2v) is 10.4. The van der Waals surface area contributed by atoms with Gasteiger partial charge in [0.2, 0.25) is 10.0 Å². The van der Waals surface area contributed by atoms with Gasteiger partial charge in [0, 0.05) is 29.1 Å². The van der Waals surface area contributed by atoms with Gasteiger partial charge < -0.3 is 4.98 Å². The second kappa shape index (κ2) is 6.21. The fourth-order valence-electron chi connectivity index (χ4n) is 3.65. The number of nitrogens with one attached hydrogen (secondary N) is 2. The minimum absolute atomic E-state index is 0.00311. The summed E-state index contributed by atoms with van der Waals surface area (Å²) in [6.07, 6.45) is 4.03. The van der Waals surface area contributed by atoms with Crippen LogP contribution in [0.3, 0.4) is 0 Å². The van der Waals surface area contributed by atoms with Crippen molar-refractivity contribution in [2.24, 2.45) is 0 Å². The van der Waals surface area contributed by atoms with Crippen LogP contribution in [-0.4, -0.2) is 19.9 Å². The van der Waals surface area contributed by atoms with Crippen molar-refractivity contribution in [1.29, 1.82) is 0 Å². The predicted molar refractivity (Wildman–Crippen MR) is 110 cm³/mol. The minimum Gasteiger partial charge on any atom is -0.361 e. The van der Waals surface area contributed by atoms with E-state index >= 15 is 0 Å². The highest BCUT2D eigenvalue weighted by molar-refractivity contribution is 7.89. The van der Waals surface area contributed by atoms with E-state index in [1.165, 1.54) is 10.9 Å². The molecule has 1 heterocycles. The summed E-state index contributed by atoms with van der Waals surface area (Å²) in [5, 5.41) is 1.18. The van der Waals surface area contributed by atoms with Crippen LogP contribution >= 0.6 is 0 Å². The van der Waals surface area contributed by atoms with E-state index < -0.39 is 10.0 Å². The summed E-state index contributed by atoms with van der Waals surface area (Å²) in [6.45, 7) is 6.78. The molecule has 0 bridgehead atoms. The lowest BCUT2D eigenvalue weighted by Crippen LogP contribution is -2.32. The first-order valence-electron chi connectivity index (χ1n) is 9.38. The Morgan fingerprint density at radius 2 is 1.70 bits per heavy atom. The monoisotopic (exact) mass is 382 g/mol. The van der Waals surface area contributed by atoms with E-state index in [2.05, 4.69) is 42.6 Å². The molecule has 1 saturated carbocycles. The van der Waals surface area contributed by atoms with E-state index in [9.17, 15) is 8.42 Å². The molecule has 1 aliphatic carbocycles. The molecule has 0 radical (unpaired) electrons. The van der Waals surface area contributed by atoms with Gasteiger partial charge in [0.1, 0.15) is 0 Å². The Morgan fingerprint density at radius 3 is 2.33 bits per heavy atom. The molecule has 4 nitrogen and oxygen atoms in total. The van der Waals surface area contributed by atoms with Crippen molar-refractivity contribution in [3.63, 3.8) is 0 Å². The molecule has 0 atom stereocenters. The molecular weight excluding hydrogens is 356 g/mol. The average Bonchev–Trinajstić information content (AvgIpc) is 3.30. The maximum atomic E-state index is 12.8. The fraction of sp³-hybridized carbons (Fsp3) is 0.364. The van der Waals surface area contributed by atoms with Gasteiger partial charge in [-0.2, -0.15) is 0 Å². The SMILES string of the molecule is CC(C)(C)c1ccc(S(=O)(=O)NCC2(c3c[nH]c4ccccc34)CC2)cc1. The molecule has 2 N–H and O–H groups in total. The van der Waals surface area contributed by atoms with E-state index in [0.29, 0.717) is 11.4 Å². The molecule has 0 amide bonds. The molecule has 27 heavy (non-hydrogen) atoms. The third kappa shape index (κ3) is 3.42. The number of hydrogen-bond acceptors (Lipinski definition) is 2. The molecule has 142 valence electrons. The summed E-state index contributed by atoms with van der Waals surface area (Å²) < 4.78 is 28.4. The van der Waals surface area contributed by atoms with Crippen LogP contribution < -0.4 is 4.72 Å². The number of para-hydroxylation sites is 1. The number of rotatable bonds is 5.